The van der Waals surface area contributed by atoms with Crippen LogP contribution in [-0.2, 0) is 0 Å². The second-order valence-corrected chi connectivity index (χ2v) is 5.61. The van der Waals surface area contributed by atoms with E-state index in [0.717, 1.165) is 17.7 Å². The van der Waals surface area contributed by atoms with Gasteiger partial charge in [-0.25, -0.2) is 4.39 Å². The van der Waals surface area contributed by atoms with Gasteiger partial charge in [0.15, 0.2) is 0 Å². The van der Waals surface area contributed by atoms with Crippen molar-refractivity contribution in [3.8, 4) is 0 Å². The van der Waals surface area contributed by atoms with Crippen molar-refractivity contribution in [1.82, 2.24) is 5.32 Å². The van der Waals surface area contributed by atoms with Crippen LogP contribution in [0.1, 0.15) is 43.2 Å². The van der Waals surface area contributed by atoms with Crippen molar-refractivity contribution in [3.05, 3.63) is 40.7 Å². The summed E-state index contributed by atoms with van der Waals surface area (Å²) in [4.78, 5) is 0. The molecular weight excluding hydrogens is 237 g/mol. The lowest BCUT2D eigenvalue weighted by Crippen LogP contribution is -2.19. The second kappa shape index (κ2) is 6.85. The highest BCUT2D eigenvalue weighted by molar-refractivity contribution is 5.55. The van der Waals surface area contributed by atoms with E-state index in [-0.39, 0.29) is 5.82 Å². The van der Waals surface area contributed by atoms with Crippen LogP contribution in [-0.4, -0.2) is 13.6 Å². The van der Waals surface area contributed by atoms with Crippen molar-refractivity contribution >= 4 is 6.08 Å². The molecule has 1 fully saturated rings. The molecule has 1 nitrogen and oxygen atoms in total. The monoisotopic (exact) mass is 261 g/mol. The Bertz CT molecular complexity index is 445. The molecule has 104 valence electrons. The molecule has 0 aromatic heterocycles. The molecule has 1 aromatic rings. The molecule has 0 aliphatic heterocycles. The minimum Gasteiger partial charge on any atom is -0.316 e. The molecule has 2 heteroatoms. The Morgan fingerprint density at radius 2 is 2.05 bits per heavy atom. The number of nitrogens with one attached hydrogen (secondary N) is 1. The van der Waals surface area contributed by atoms with E-state index in [0.29, 0.717) is 5.92 Å². The molecule has 1 aliphatic carbocycles. The molecule has 2 rings (SSSR count). The van der Waals surface area contributed by atoms with E-state index in [1.54, 1.807) is 6.07 Å². The van der Waals surface area contributed by atoms with Crippen molar-refractivity contribution in [3.63, 3.8) is 0 Å². The first-order valence-electron chi connectivity index (χ1n) is 7.32. The lowest BCUT2D eigenvalue weighted by atomic mass is 9.83. The Labute approximate surface area is 115 Å². The van der Waals surface area contributed by atoms with Crippen LogP contribution in [0.3, 0.4) is 0 Å². The van der Waals surface area contributed by atoms with Gasteiger partial charge < -0.3 is 5.32 Å². The average molecular weight is 261 g/mol. The molecule has 0 amide bonds. The van der Waals surface area contributed by atoms with E-state index in [4.69, 9.17) is 0 Å². The summed E-state index contributed by atoms with van der Waals surface area (Å²) in [6.45, 7) is 2.87. The first-order valence-corrected chi connectivity index (χ1v) is 7.32. The molecule has 0 heterocycles. The van der Waals surface area contributed by atoms with Crippen LogP contribution < -0.4 is 5.32 Å². The Balaban J connectivity index is 2.25. The SMILES string of the molecule is CNC/C(=C/c1cc(C)ccc1F)C1CCCCC1. The quantitative estimate of drug-likeness (QED) is 0.851. The Kier molecular flexibility index (Phi) is 5.15. The van der Waals surface area contributed by atoms with Crippen LogP contribution in [0, 0.1) is 18.7 Å². The summed E-state index contributed by atoms with van der Waals surface area (Å²) in [5.41, 5.74) is 3.20. The largest absolute Gasteiger partial charge is 0.316 e. The van der Waals surface area contributed by atoms with Gasteiger partial charge in [-0.1, -0.05) is 42.5 Å². The van der Waals surface area contributed by atoms with Gasteiger partial charge >= 0.3 is 0 Å². The zero-order valence-electron chi connectivity index (χ0n) is 12.0. The average Bonchev–Trinajstić information content (AvgIpc) is 2.43. The number of benzene rings is 1. The zero-order chi connectivity index (χ0) is 13.7. The van der Waals surface area contributed by atoms with Crippen LogP contribution in [0.5, 0.6) is 0 Å². The summed E-state index contributed by atoms with van der Waals surface area (Å²) >= 11 is 0. The van der Waals surface area contributed by atoms with Gasteiger partial charge in [-0.05, 0) is 44.9 Å². The predicted octanol–water partition coefficient (Wildman–Crippen LogP) is 4.32. The fourth-order valence-corrected chi connectivity index (χ4v) is 2.96. The van der Waals surface area contributed by atoms with Gasteiger partial charge in [-0.2, -0.15) is 0 Å². The molecule has 0 atom stereocenters. The standard InChI is InChI=1S/C17H24FN/c1-13-8-9-17(18)15(10-13)11-16(12-19-2)14-6-4-3-5-7-14/h8-11,14,19H,3-7,12H2,1-2H3/b16-11-. The minimum absolute atomic E-state index is 0.116. The van der Waals surface area contributed by atoms with Crippen LogP contribution >= 0.6 is 0 Å². The summed E-state index contributed by atoms with van der Waals surface area (Å²) in [5, 5.41) is 3.23. The van der Waals surface area contributed by atoms with E-state index < -0.39 is 0 Å². The Hall–Kier alpha value is -1.15. The zero-order valence-corrected chi connectivity index (χ0v) is 12.0. The summed E-state index contributed by atoms with van der Waals surface area (Å²) in [5.74, 6) is 0.510. The highest BCUT2D eigenvalue weighted by Gasteiger charge is 2.17. The Morgan fingerprint density at radius 3 is 2.74 bits per heavy atom. The maximum absolute atomic E-state index is 13.9. The molecule has 0 spiro atoms. The third-order valence-corrected chi connectivity index (χ3v) is 4.00. The summed E-state index contributed by atoms with van der Waals surface area (Å²) in [7, 11) is 1.96. The fraction of sp³-hybridized carbons (Fsp3) is 0.529. The number of hydrogen-bond donors (Lipinski definition) is 1. The lowest BCUT2D eigenvalue weighted by Gasteiger charge is -2.24. The molecular formula is C17H24FN. The third-order valence-electron chi connectivity index (χ3n) is 4.00. The van der Waals surface area contributed by atoms with Crippen molar-refractivity contribution in [2.75, 3.05) is 13.6 Å². The van der Waals surface area contributed by atoms with Gasteiger partial charge in [0.1, 0.15) is 5.82 Å². The van der Waals surface area contributed by atoms with E-state index in [1.165, 1.54) is 37.7 Å². The van der Waals surface area contributed by atoms with Crippen molar-refractivity contribution in [2.24, 2.45) is 5.92 Å². The van der Waals surface area contributed by atoms with Gasteiger partial charge in [0.2, 0.25) is 0 Å². The second-order valence-electron chi connectivity index (χ2n) is 5.61. The molecule has 0 radical (unpaired) electrons. The molecule has 0 bridgehead atoms. The van der Waals surface area contributed by atoms with Gasteiger partial charge in [0.05, 0.1) is 0 Å². The van der Waals surface area contributed by atoms with Crippen LogP contribution in [0.25, 0.3) is 6.08 Å². The van der Waals surface area contributed by atoms with Crippen LogP contribution in [0.4, 0.5) is 4.39 Å². The van der Waals surface area contributed by atoms with Gasteiger partial charge in [0, 0.05) is 12.1 Å². The summed E-state index contributed by atoms with van der Waals surface area (Å²) in [6.07, 6.45) is 8.53. The molecule has 0 unspecified atom stereocenters. The molecule has 1 saturated carbocycles. The Morgan fingerprint density at radius 1 is 1.32 bits per heavy atom. The third kappa shape index (κ3) is 3.90. The van der Waals surface area contributed by atoms with E-state index in [1.807, 2.05) is 26.1 Å². The normalized spacial score (nSPS) is 17.7. The van der Waals surface area contributed by atoms with Crippen molar-refractivity contribution < 1.29 is 4.39 Å². The van der Waals surface area contributed by atoms with Gasteiger partial charge in [0.25, 0.3) is 0 Å². The molecule has 1 aliphatic rings. The highest BCUT2D eigenvalue weighted by Crippen LogP contribution is 2.31. The predicted molar refractivity (Wildman–Crippen MR) is 79.6 cm³/mol. The van der Waals surface area contributed by atoms with Gasteiger partial charge in [-0.3, -0.25) is 0 Å². The lowest BCUT2D eigenvalue weighted by molar-refractivity contribution is 0.398. The topological polar surface area (TPSA) is 12.0 Å². The number of halogens is 1. The van der Waals surface area contributed by atoms with Gasteiger partial charge in [-0.15, -0.1) is 0 Å². The highest BCUT2D eigenvalue weighted by atomic mass is 19.1. The van der Waals surface area contributed by atoms with Crippen molar-refractivity contribution in [1.29, 1.82) is 0 Å². The fourth-order valence-electron chi connectivity index (χ4n) is 2.96. The minimum atomic E-state index is -0.116. The van der Waals surface area contributed by atoms with E-state index in [9.17, 15) is 4.39 Å². The smallest absolute Gasteiger partial charge is 0.130 e. The van der Waals surface area contributed by atoms with E-state index >= 15 is 0 Å². The molecule has 0 saturated heterocycles. The van der Waals surface area contributed by atoms with Crippen LogP contribution in [0.15, 0.2) is 23.8 Å². The first kappa shape index (κ1) is 14.3. The maximum atomic E-state index is 13.9. The molecule has 1 N–H and O–H groups in total. The number of likely N-dealkylation sites (N-methyl/N-ethyl adjacent to an activating group) is 1. The molecule has 1 aromatic carbocycles. The number of aryl methyl sites for hydroxylation is 1. The summed E-state index contributed by atoms with van der Waals surface area (Å²) in [6, 6.07) is 5.33. The van der Waals surface area contributed by atoms with Crippen LogP contribution in [0.2, 0.25) is 0 Å². The number of hydrogen-bond acceptors (Lipinski definition) is 1. The summed E-state index contributed by atoms with van der Waals surface area (Å²) < 4.78 is 13.9. The molecule has 19 heavy (non-hydrogen) atoms. The van der Waals surface area contributed by atoms with Crippen molar-refractivity contribution in [2.45, 2.75) is 39.0 Å². The first-order chi connectivity index (χ1) is 9.20. The number of rotatable bonds is 4. The maximum Gasteiger partial charge on any atom is 0.130 e. The van der Waals surface area contributed by atoms with E-state index in [2.05, 4.69) is 11.4 Å².